The second-order valence-electron chi connectivity index (χ2n) is 7.36. The minimum absolute atomic E-state index is 0.147. The normalized spacial score (nSPS) is 11.1. The summed E-state index contributed by atoms with van der Waals surface area (Å²) in [6.45, 7) is 0.610. The van der Waals surface area contributed by atoms with Crippen molar-refractivity contribution in [2.24, 2.45) is 0 Å². The number of benzene rings is 2. The third-order valence-corrected chi connectivity index (χ3v) is 5.60. The van der Waals surface area contributed by atoms with E-state index in [1.165, 1.54) is 0 Å². The predicted molar refractivity (Wildman–Crippen MR) is 124 cm³/mol. The molecule has 0 N–H and O–H groups in total. The molecule has 0 saturated carbocycles. The van der Waals surface area contributed by atoms with Gasteiger partial charge in [0.05, 0.1) is 12.8 Å². The molecule has 0 atom stereocenters. The van der Waals surface area contributed by atoms with Crippen LogP contribution in [0.1, 0.15) is 21.6 Å². The third-order valence-electron chi connectivity index (χ3n) is 5.35. The molecule has 0 aliphatic carbocycles. The summed E-state index contributed by atoms with van der Waals surface area (Å²) in [6.07, 6.45) is 7.03. The van der Waals surface area contributed by atoms with Crippen LogP contribution in [0.4, 0.5) is 0 Å². The first-order chi connectivity index (χ1) is 15.6. The lowest BCUT2D eigenvalue weighted by Crippen LogP contribution is -2.04. The summed E-state index contributed by atoms with van der Waals surface area (Å²) in [5.74, 6) is 0.545. The second kappa shape index (κ2) is 8.32. The molecule has 3 aromatic heterocycles. The van der Waals surface area contributed by atoms with E-state index in [0.717, 1.165) is 22.2 Å². The Balaban J connectivity index is 1.56. The van der Waals surface area contributed by atoms with Crippen LogP contribution < -0.4 is 4.74 Å². The molecule has 2 aromatic carbocycles. The SMILES string of the molecule is COc1ccc2c(c1)c(C(=O)c1ccn(-c3ccncc3)n1)cn2Cc1ccc(Cl)cc1. The van der Waals surface area contributed by atoms with Crippen molar-refractivity contribution >= 4 is 28.3 Å². The number of pyridine rings is 1. The summed E-state index contributed by atoms with van der Waals surface area (Å²) < 4.78 is 9.13. The molecule has 0 spiro atoms. The molecule has 32 heavy (non-hydrogen) atoms. The Morgan fingerprint density at radius 2 is 1.81 bits per heavy atom. The van der Waals surface area contributed by atoms with E-state index >= 15 is 0 Å². The molecule has 158 valence electrons. The fourth-order valence-corrected chi connectivity index (χ4v) is 3.85. The number of methoxy groups -OCH3 is 1. The van der Waals surface area contributed by atoms with Crippen molar-refractivity contribution in [1.82, 2.24) is 19.3 Å². The molecule has 0 amide bonds. The smallest absolute Gasteiger partial charge is 0.215 e. The molecule has 0 bridgehead atoms. The van der Waals surface area contributed by atoms with Crippen LogP contribution in [0, 0.1) is 0 Å². The molecular formula is C25H19ClN4O2. The highest BCUT2D eigenvalue weighted by Gasteiger charge is 2.20. The minimum Gasteiger partial charge on any atom is -0.497 e. The number of carbonyl (C=O) groups is 1. The van der Waals surface area contributed by atoms with Crippen molar-refractivity contribution in [2.75, 3.05) is 7.11 Å². The van der Waals surface area contributed by atoms with E-state index in [-0.39, 0.29) is 5.78 Å². The summed E-state index contributed by atoms with van der Waals surface area (Å²) in [5, 5.41) is 6.01. The van der Waals surface area contributed by atoms with Gasteiger partial charge in [0, 0.05) is 52.8 Å². The van der Waals surface area contributed by atoms with Gasteiger partial charge < -0.3 is 9.30 Å². The zero-order valence-corrected chi connectivity index (χ0v) is 18.0. The maximum atomic E-state index is 13.5. The van der Waals surface area contributed by atoms with Crippen molar-refractivity contribution in [1.29, 1.82) is 0 Å². The predicted octanol–water partition coefficient (Wildman–Crippen LogP) is 5.16. The highest BCUT2D eigenvalue weighted by atomic mass is 35.5. The van der Waals surface area contributed by atoms with Crippen molar-refractivity contribution < 1.29 is 9.53 Å². The number of aromatic nitrogens is 4. The highest BCUT2D eigenvalue weighted by molar-refractivity contribution is 6.30. The molecule has 0 unspecified atom stereocenters. The van der Waals surface area contributed by atoms with Crippen molar-refractivity contribution in [3.05, 3.63) is 107 Å². The second-order valence-corrected chi connectivity index (χ2v) is 7.80. The Hall–Kier alpha value is -3.90. The van der Waals surface area contributed by atoms with Crippen LogP contribution in [0.25, 0.3) is 16.6 Å². The first kappa shape index (κ1) is 20.0. The fraction of sp³-hybridized carbons (Fsp3) is 0.0800. The number of ether oxygens (including phenoxy) is 1. The van der Waals surface area contributed by atoms with E-state index in [1.807, 2.05) is 60.8 Å². The van der Waals surface area contributed by atoms with Gasteiger partial charge in [-0.15, -0.1) is 0 Å². The summed E-state index contributed by atoms with van der Waals surface area (Å²) >= 11 is 6.03. The molecule has 7 heteroatoms. The average molecular weight is 443 g/mol. The van der Waals surface area contributed by atoms with E-state index in [4.69, 9.17) is 16.3 Å². The van der Waals surface area contributed by atoms with Gasteiger partial charge in [-0.2, -0.15) is 5.10 Å². The average Bonchev–Trinajstić information content (AvgIpc) is 3.46. The highest BCUT2D eigenvalue weighted by Crippen LogP contribution is 2.28. The van der Waals surface area contributed by atoms with Crippen LogP contribution in [-0.4, -0.2) is 32.2 Å². The van der Waals surface area contributed by atoms with Gasteiger partial charge in [0.25, 0.3) is 0 Å². The van der Waals surface area contributed by atoms with Crippen LogP contribution in [0.5, 0.6) is 5.75 Å². The minimum atomic E-state index is -0.147. The lowest BCUT2D eigenvalue weighted by Gasteiger charge is -2.06. The van der Waals surface area contributed by atoms with Crippen molar-refractivity contribution in [2.45, 2.75) is 6.54 Å². The van der Waals surface area contributed by atoms with Gasteiger partial charge in [-0.05, 0) is 54.1 Å². The van der Waals surface area contributed by atoms with Gasteiger partial charge >= 0.3 is 0 Å². The number of nitrogens with zero attached hydrogens (tertiary/aromatic N) is 4. The molecule has 0 aliphatic heterocycles. The quantitative estimate of drug-likeness (QED) is 0.341. The number of hydrogen-bond donors (Lipinski definition) is 0. The summed E-state index contributed by atoms with van der Waals surface area (Å²) in [4.78, 5) is 17.5. The van der Waals surface area contributed by atoms with Gasteiger partial charge in [-0.25, -0.2) is 4.68 Å². The van der Waals surface area contributed by atoms with E-state index in [9.17, 15) is 4.79 Å². The van der Waals surface area contributed by atoms with Gasteiger partial charge in [0.1, 0.15) is 11.4 Å². The van der Waals surface area contributed by atoms with E-state index in [0.29, 0.717) is 28.6 Å². The monoisotopic (exact) mass is 442 g/mol. The van der Waals surface area contributed by atoms with E-state index in [1.54, 1.807) is 36.4 Å². The van der Waals surface area contributed by atoms with Crippen LogP contribution in [0.2, 0.25) is 5.02 Å². The maximum Gasteiger partial charge on any atom is 0.215 e. The molecule has 0 aliphatic rings. The molecule has 0 saturated heterocycles. The first-order valence-electron chi connectivity index (χ1n) is 10.0. The third kappa shape index (κ3) is 3.76. The van der Waals surface area contributed by atoms with Crippen LogP contribution in [0.15, 0.2) is 85.5 Å². The zero-order valence-electron chi connectivity index (χ0n) is 17.3. The Labute approximate surface area is 189 Å². The molecule has 3 heterocycles. The Morgan fingerprint density at radius 1 is 1.03 bits per heavy atom. The van der Waals surface area contributed by atoms with Gasteiger partial charge in [0.15, 0.2) is 0 Å². The number of rotatable bonds is 6. The van der Waals surface area contributed by atoms with Crippen LogP contribution >= 0.6 is 11.6 Å². The number of ketones is 1. The number of carbonyl (C=O) groups excluding carboxylic acids is 1. The maximum absolute atomic E-state index is 13.5. The van der Waals surface area contributed by atoms with E-state index in [2.05, 4.69) is 14.6 Å². The fourth-order valence-electron chi connectivity index (χ4n) is 3.73. The van der Waals surface area contributed by atoms with Gasteiger partial charge in [0.2, 0.25) is 5.78 Å². The Kier molecular flexibility index (Phi) is 5.21. The summed E-state index contributed by atoms with van der Waals surface area (Å²) in [6, 6.07) is 18.8. The topological polar surface area (TPSA) is 61.9 Å². The summed E-state index contributed by atoms with van der Waals surface area (Å²) in [7, 11) is 1.61. The van der Waals surface area contributed by atoms with Crippen molar-refractivity contribution in [3.8, 4) is 11.4 Å². The lowest BCUT2D eigenvalue weighted by atomic mass is 10.1. The van der Waals surface area contributed by atoms with Crippen molar-refractivity contribution in [3.63, 3.8) is 0 Å². The molecule has 6 nitrogen and oxygen atoms in total. The number of halogens is 1. The van der Waals surface area contributed by atoms with Crippen LogP contribution in [0.3, 0.4) is 0 Å². The van der Waals surface area contributed by atoms with Gasteiger partial charge in [-0.3, -0.25) is 9.78 Å². The largest absolute Gasteiger partial charge is 0.497 e. The Morgan fingerprint density at radius 3 is 2.56 bits per heavy atom. The molecule has 0 radical (unpaired) electrons. The van der Waals surface area contributed by atoms with Gasteiger partial charge in [-0.1, -0.05) is 23.7 Å². The molecule has 5 rings (SSSR count). The van der Waals surface area contributed by atoms with Crippen LogP contribution in [-0.2, 0) is 6.54 Å². The number of hydrogen-bond acceptors (Lipinski definition) is 4. The number of fused-ring (bicyclic) bond motifs is 1. The lowest BCUT2D eigenvalue weighted by molar-refractivity contribution is 0.103. The summed E-state index contributed by atoms with van der Waals surface area (Å²) in [5.41, 5.74) is 3.81. The van der Waals surface area contributed by atoms with E-state index < -0.39 is 0 Å². The molecular weight excluding hydrogens is 424 g/mol. The standard InChI is InChI=1S/C25H19ClN4O2/c1-32-20-6-7-24-21(14-20)22(16-29(24)15-17-2-4-18(26)5-3-17)25(31)23-10-13-30(28-23)19-8-11-27-12-9-19/h2-14,16H,15H2,1H3. The zero-order chi connectivity index (χ0) is 22.1. The molecule has 5 aromatic rings. The molecule has 0 fully saturated rings. The first-order valence-corrected chi connectivity index (χ1v) is 10.4. The Bertz CT molecular complexity index is 1410.